The van der Waals surface area contributed by atoms with Crippen molar-refractivity contribution < 1.29 is 19.2 Å². The molecule has 102 valence electrons. The maximum absolute atomic E-state index is 11.2. The molecule has 0 aromatic heterocycles. The first kappa shape index (κ1) is 14.1. The zero-order valence-corrected chi connectivity index (χ0v) is 12.0. The number of hydrogen-bond donors (Lipinski definition) is 1. The minimum atomic E-state index is -0.934. The fourth-order valence-corrected chi connectivity index (χ4v) is 2.00. The average Bonchev–Trinajstić information content (AvgIpc) is 2.48. The quantitative estimate of drug-likeness (QED) is 0.828. The number of carboxylic acids is 1. The molecule has 0 aliphatic carbocycles. The Morgan fingerprint density at radius 2 is 1.68 bits per heavy atom. The van der Waals surface area contributed by atoms with Gasteiger partial charge in [-0.05, 0) is 51.7 Å². The fourth-order valence-electron chi connectivity index (χ4n) is 2.00. The van der Waals surface area contributed by atoms with Gasteiger partial charge < -0.3 is 14.4 Å². The standard InChI is InChI=1S/C14H19BO4/c1-9-6-7-10(8-11(9)12(16)17)15-18-13(2,3)14(4,5)19-15/h6-8H,1-5H3,(H,16,17). The molecule has 0 spiro atoms. The number of carboxylic acid groups (broad SMARTS) is 1. The van der Waals surface area contributed by atoms with E-state index < -0.39 is 24.3 Å². The van der Waals surface area contributed by atoms with Crippen LogP contribution >= 0.6 is 0 Å². The van der Waals surface area contributed by atoms with Crippen molar-refractivity contribution in [2.45, 2.75) is 45.8 Å². The fraction of sp³-hybridized carbons (Fsp3) is 0.500. The molecule has 5 heteroatoms. The van der Waals surface area contributed by atoms with Crippen molar-refractivity contribution in [3.8, 4) is 0 Å². The van der Waals surface area contributed by atoms with Gasteiger partial charge in [0.1, 0.15) is 0 Å². The van der Waals surface area contributed by atoms with E-state index in [9.17, 15) is 4.79 Å². The van der Waals surface area contributed by atoms with Gasteiger partial charge in [-0.2, -0.15) is 0 Å². The van der Waals surface area contributed by atoms with E-state index >= 15 is 0 Å². The minimum Gasteiger partial charge on any atom is -0.478 e. The lowest BCUT2D eigenvalue weighted by Crippen LogP contribution is -2.41. The third-order valence-corrected chi connectivity index (χ3v) is 4.02. The highest BCUT2D eigenvalue weighted by Crippen LogP contribution is 2.36. The first-order chi connectivity index (χ1) is 8.64. The lowest BCUT2D eigenvalue weighted by atomic mass is 9.78. The molecule has 0 unspecified atom stereocenters. The highest BCUT2D eigenvalue weighted by Gasteiger charge is 2.51. The van der Waals surface area contributed by atoms with E-state index in [0.29, 0.717) is 0 Å². The molecule has 1 N–H and O–H groups in total. The number of aryl methyl sites for hydroxylation is 1. The molecule has 1 heterocycles. The molecule has 1 aliphatic rings. The van der Waals surface area contributed by atoms with Crippen LogP contribution in [0.1, 0.15) is 43.6 Å². The van der Waals surface area contributed by atoms with Gasteiger partial charge in [-0.25, -0.2) is 4.79 Å². The summed E-state index contributed by atoms with van der Waals surface area (Å²) >= 11 is 0. The summed E-state index contributed by atoms with van der Waals surface area (Å²) in [6.45, 7) is 9.66. The largest absolute Gasteiger partial charge is 0.494 e. The van der Waals surface area contributed by atoms with E-state index in [1.54, 1.807) is 19.1 Å². The molecule has 2 rings (SSSR count). The van der Waals surface area contributed by atoms with Gasteiger partial charge in [0.05, 0.1) is 16.8 Å². The second kappa shape index (κ2) is 4.35. The van der Waals surface area contributed by atoms with Gasteiger partial charge in [-0.15, -0.1) is 0 Å². The Labute approximate surface area is 113 Å². The van der Waals surface area contributed by atoms with Crippen LogP contribution in [0.25, 0.3) is 0 Å². The molecule has 0 bridgehead atoms. The summed E-state index contributed by atoms with van der Waals surface area (Å²) in [6, 6.07) is 5.26. The highest BCUT2D eigenvalue weighted by atomic mass is 16.7. The van der Waals surface area contributed by atoms with E-state index in [2.05, 4.69) is 0 Å². The SMILES string of the molecule is Cc1ccc(B2OC(C)(C)C(C)(C)O2)cc1C(=O)O. The molecule has 0 atom stereocenters. The van der Waals surface area contributed by atoms with Crippen molar-refractivity contribution in [3.05, 3.63) is 29.3 Å². The molecule has 1 fully saturated rings. The average molecular weight is 262 g/mol. The zero-order valence-electron chi connectivity index (χ0n) is 12.0. The monoisotopic (exact) mass is 262 g/mol. The lowest BCUT2D eigenvalue weighted by molar-refractivity contribution is 0.00578. The number of hydrogen-bond acceptors (Lipinski definition) is 3. The van der Waals surface area contributed by atoms with E-state index in [1.165, 1.54) is 0 Å². The van der Waals surface area contributed by atoms with Crippen molar-refractivity contribution in [2.24, 2.45) is 0 Å². The van der Waals surface area contributed by atoms with Crippen LogP contribution in [0.5, 0.6) is 0 Å². The molecule has 0 radical (unpaired) electrons. The zero-order chi connectivity index (χ0) is 14.4. The minimum absolute atomic E-state index is 0.284. The normalized spacial score (nSPS) is 20.6. The molecule has 1 saturated heterocycles. The molecular weight excluding hydrogens is 243 g/mol. The van der Waals surface area contributed by atoms with Gasteiger partial charge >= 0.3 is 13.1 Å². The van der Waals surface area contributed by atoms with Crippen LogP contribution in [-0.4, -0.2) is 29.4 Å². The van der Waals surface area contributed by atoms with Crippen LogP contribution in [0, 0.1) is 6.92 Å². The predicted molar refractivity (Wildman–Crippen MR) is 73.9 cm³/mol. The Morgan fingerprint density at radius 3 is 2.16 bits per heavy atom. The Hall–Kier alpha value is -1.33. The first-order valence-corrected chi connectivity index (χ1v) is 6.33. The van der Waals surface area contributed by atoms with E-state index in [-0.39, 0.29) is 5.56 Å². The van der Waals surface area contributed by atoms with Gasteiger partial charge in [-0.1, -0.05) is 12.1 Å². The Bertz CT molecular complexity index is 506. The Balaban J connectivity index is 2.35. The smallest absolute Gasteiger partial charge is 0.478 e. The van der Waals surface area contributed by atoms with Gasteiger partial charge in [-0.3, -0.25) is 0 Å². The molecule has 0 amide bonds. The maximum Gasteiger partial charge on any atom is 0.494 e. The first-order valence-electron chi connectivity index (χ1n) is 6.33. The van der Waals surface area contributed by atoms with Gasteiger partial charge in [0.25, 0.3) is 0 Å². The van der Waals surface area contributed by atoms with Gasteiger partial charge in [0.2, 0.25) is 0 Å². The van der Waals surface area contributed by atoms with E-state index in [0.717, 1.165) is 11.0 Å². The van der Waals surface area contributed by atoms with E-state index in [4.69, 9.17) is 14.4 Å². The molecule has 1 aliphatic heterocycles. The van der Waals surface area contributed by atoms with Crippen LogP contribution in [-0.2, 0) is 9.31 Å². The topological polar surface area (TPSA) is 55.8 Å². The van der Waals surface area contributed by atoms with Gasteiger partial charge in [0.15, 0.2) is 0 Å². The molecule has 1 aromatic rings. The molecular formula is C14H19BO4. The molecule has 1 aromatic carbocycles. The van der Waals surface area contributed by atoms with Crippen LogP contribution in [0.3, 0.4) is 0 Å². The van der Waals surface area contributed by atoms with Crippen molar-refractivity contribution >= 4 is 18.6 Å². The summed E-state index contributed by atoms with van der Waals surface area (Å²) in [4.78, 5) is 11.2. The van der Waals surface area contributed by atoms with Crippen LogP contribution in [0.2, 0.25) is 0 Å². The van der Waals surface area contributed by atoms with Gasteiger partial charge in [0, 0.05) is 0 Å². The molecule has 4 nitrogen and oxygen atoms in total. The number of rotatable bonds is 2. The van der Waals surface area contributed by atoms with Crippen molar-refractivity contribution in [3.63, 3.8) is 0 Å². The summed E-state index contributed by atoms with van der Waals surface area (Å²) in [7, 11) is -0.524. The summed E-state index contributed by atoms with van der Waals surface area (Å²) in [6.07, 6.45) is 0. The highest BCUT2D eigenvalue weighted by molar-refractivity contribution is 6.62. The second-order valence-corrected chi connectivity index (χ2v) is 5.97. The number of benzene rings is 1. The Kier molecular flexibility index (Phi) is 3.23. The third-order valence-electron chi connectivity index (χ3n) is 4.02. The van der Waals surface area contributed by atoms with Crippen molar-refractivity contribution in [2.75, 3.05) is 0 Å². The Morgan fingerprint density at radius 1 is 1.16 bits per heavy atom. The lowest BCUT2D eigenvalue weighted by Gasteiger charge is -2.32. The van der Waals surface area contributed by atoms with E-state index in [1.807, 2.05) is 33.8 Å². The summed E-state index contributed by atoms with van der Waals surface area (Å²) in [5.41, 5.74) is 0.902. The maximum atomic E-state index is 11.2. The predicted octanol–water partition coefficient (Wildman–Crippen LogP) is 1.99. The summed E-state index contributed by atoms with van der Waals surface area (Å²) < 4.78 is 11.8. The number of aromatic carboxylic acids is 1. The van der Waals surface area contributed by atoms with Crippen LogP contribution < -0.4 is 5.46 Å². The van der Waals surface area contributed by atoms with Crippen molar-refractivity contribution in [1.29, 1.82) is 0 Å². The third kappa shape index (κ3) is 2.40. The van der Waals surface area contributed by atoms with Crippen LogP contribution in [0.15, 0.2) is 18.2 Å². The summed E-state index contributed by atoms with van der Waals surface area (Å²) in [5, 5.41) is 9.16. The second-order valence-electron chi connectivity index (χ2n) is 5.97. The molecule has 19 heavy (non-hydrogen) atoms. The van der Waals surface area contributed by atoms with Crippen LogP contribution in [0.4, 0.5) is 0 Å². The number of carbonyl (C=O) groups is 1. The summed E-state index contributed by atoms with van der Waals surface area (Å²) in [5.74, 6) is -0.934. The van der Waals surface area contributed by atoms with Crippen molar-refractivity contribution in [1.82, 2.24) is 0 Å². The molecule has 0 saturated carbocycles.